The van der Waals surface area contributed by atoms with Crippen LogP contribution in [0.2, 0.25) is 0 Å². The lowest BCUT2D eigenvalue weighted by molar-refractivity contribution is 0.401. The maximum atomic E-state index is 5.96. The van der Waals surface area contributed by atoms with Gasteiger partial charge in [-0.1, -0.05) is 28.1 Å². The van der Waals surface area contributed by atoms with Gasteiger partial charge in [0.1, 0.15) is 0 Å². The summed E-state index contributed by atoms with van der Waals surface area (Å²) in [5.41, 5.74) is 7.36. The second-order valence-corrected chi connectivity index (χ2v) is 6.48. The van der Waals surface area contributed by atoms with Gasteiger partial charge in [-0.15, -0.1) is 0 Å². The monoisotopic (exact) mass is 299 g/mol. The van der Waals surface area contributed by atoms with Gasteiger partial charge < -0.3 is 5.73 Å². The Labute approximate surface area is 110 Å². The molecule has 2 rings (SSSR count). The van der Waals surface area contributed by atoms with Gasteiger partial charge in [-0.05, 0) is 60.4 Å². The van der Waals surface area contributed by atoms with Crippen LogP contribution in [0, 0.1) is 5.92 Å². The molecule has 1 heterocycles. The fourth-order valence-corrected chi connectivity index (χ4v) is 3.84. The van der Waals surface area contributed by atoms with Crippen molar-refractivity contribution in [3.8, 4) is 0 Å². The fraction of sp³-hybridized carbons (Fsp3) is 0.538. The van der Waals surface area contributed by atoms with Crippen LogP contribution < -0.4 is 5.73 Å². The van der Waals surface area contributed by atoms with E-state index >= 15 is 0 Å². The first-order valence-corrected chi connectivity index (χ1v) is 7.79. The predicted molar refractivity (Wildman–Crippen MR) is 76.0 cm³/mol. The van der Waals surface area contributed by atoms with E-state index in [1.165, 1.54) is 29.9 Å². The Balaban J connectivity index is 2.11. The van der Waals surface area contributed by atoms with E-state index in [0.29, 0.717) is 5.92 Å². The molecule has 1 unspecified atom stereocenters. The van der Waals surface area contributed by atoms with E-state index in [2.05, 4.69) is 52.0 Å². The van der Waals surface area contributed by atoms with Crippen LogP contribution in [-0.2, 0) is 0 Å². The molecule has 0 amide bonds. The van der Waals surface area contributed by atoms with Crippen molar-refractivity contribution in [2.75, 3.05) is 18.1 Å². The molecule has 1 fully saturated rings. The number of halogens is 1. The number of rotatable bonds is 3. The molecule has 3 heteroatoms. The molecular weight excluding hydrogens is 282 g/mol. The molecular formula is C13H18BrNS. The number of hydrogen-bond acceptors (Lipinski definition) is 2. The van der Waals surface area contributed by atoms with E-state index in [0.717, 1.165) is 16.9 Å². The van der Waals surface area contributed by atoms with Crippen molar-refractivity contribution in [2.24, 2.45) is 11.7 Å². The van der Waals surface area contributed by atoms with Gasteiger partial charge in [0.25, 0.3) is 0 Å². The highest BCUT2D eigenvalue weighted by atomic mass is 79.9. The summed E-state index contributed by atoms with van der Waals surface area (Å²) in [5, 5.41) is 0. The van der Waals surface area contributed by atoms with Crippen molar-refractivity contribution in [3.05, 3.63) is 34.3 Å². The third-order valence-electron chi connectivity index (χ3n) is 3.39. The van der Waals surface area contributed by atoms with Gasteiger partial charge in [0.15, 0.2) is 0 Å². The van der Waals surface area contributed by atoms with E-state index in [1.807, 2.05) is 0 Å². The van der Waals surface area contributed by atoms with E-state index < -0.39 is 0 Å². The van der Waals surface area contributed by atoms with Crippen LogP contribution in [0.4, 0.5) is 0 Å². The standard InChI is InChI=1S/C13H18BrNS/c14-12-3-1-10(2-4-12)13(9-15)11-5-7-16-8-6-11/h1-4,11,13H,5-9,15H2. The summed E-state index contributed by atoms with van der Waals surface area (Å²) < 4.78 is 1.14. The van der Waals surface area contributed by atoms with Crippen LogP contribution in [0.15, 0.2) is 28.7 Å². The molecule has 0 spiro atoms. The minimum Gasteiger partial charge on any atom is -0.330 e. The highest BCUT2D eigenvalue weighted by Crippen LogP contribution is 2.34. The minimum atomic E-state index is 0.550. The summed E-state index contributed by atoms with van der Waals surface area (Å²) in [4.78, 5) is 0. The first kappa shape index (κ1) is 12.5. The largest absolute Gasteiger partial charge is 0.330 e. The Morgan fingerprint density at radius 3 is 2.44 bits per heavy atom. The Morgan fingerprint density at radius 2 is 1.88 bits per heavy atom. The van der Waals surface area contributed by atoms with Gasteiger partial charge in [0.2, 0.25) is 0 Å². The first-order valence-electron chi connectivity index (χ1n) is 5.84. The zero-order chi connectivity index (χ0) is 11.4. The van der Waals surface area contributed by atoms with Gasteiger partial charge in [0, 0.05) is 4.47 Å². The highest BCUT2D eigenvalue weighted by molar-refractivity contribution is 9.10. The van der Waals surface area contributed by atoms with Gasteiger partial charge in [-0.25, -0.2) is 0 Å². The van der Waals surface area contributed by atoms with E-state index in [9.17, 15) is 0 Å². The highest BCUT2D eigenvalue weighted by Gasteiger charge is 2.23. The molecule has 2 N–H and O–H groups in total. The lowest BCUT2D eigenvalue weighted by atomic mass is 9.82. The third-order valence-corrected chi connectivity index (χ3v) is 4.96. The average molecular weight is 300 g/mol. The third kappa shape index (κ3) is 3.02. The topological polar surface area (TPSA) is 26.0 Å². The van der Waals surface area contributed by atoms with Crippen LogP contribution >= 0.6 is 27.7 Å². The summed E-state index contributed by atoms with van der Waals surface area (Å²) in [6.45, 7) is 0.775. The molecule has 1 nitrogen and oxygen atoms in total. The molecule has 0 bridgehead atoms. The maximum absolute atomic E-state index is 5.96. The summed E-state index contributed by atoms with van der Waals surface area (Å²) in [5.74, 6) is 3.94. The lowest BCUT2D eigenvalue weighted by Crippen LogP contribution is -2.24. The second-order valence-electron chi connectivity index (χ2n) is 4.34. The first-order chi connectivity index (χ1) is 7.81. The predicted octanol–water partition coefficient (Wildman–Crippen LogP) is 3.63. The van der Waals surface area contributed by atoms with Gasteiger partial charge in [0.05, 0.1) is 0 Å². The molecule has 1 aliphatic heterocycles. The van der Waals surface area contributed by atoms with Crippen molar-refractivity contribution in [2.45, 2.75) is 18.8 Å². The molecule has 0 radical (unpaired) electrons. The summed E-state index contributed by atoms with van der Waals surface area (Å²) in [7, 11) is 0. The summed E-state index contributed by atoms with van der Waals surface area (Å²) in [6.07, 6.45) is 2.64. The molecule has 1 aliphatic rings. The van der Waals surface area contributed by atoms with Crippen molar-refractivity contribution in [3.63, 3.8) is 0 Å². The lowest BCUT2D eigenvalue weighted by Gasteiger charge is -2.29. The maximum Gasteiger partial charge on any atom is 0.0175 e. The Hall–Kier alpha value is 0.01000. The molecule has 88 valence electrons. The number of benzene rings is 1. The van der Waals surface area contributed by atoms with Crippen LogP contribution in [0.3, 0.4) is 0 Å². The average Bonchev–Trinajstić information content (AvgIpc) is 2.34. The number of thioether (sulfide) groups is 1. The van der Waals surface area contributed by atoms with Crippen molar-refractivity contribution in [1.29, 1.82) is 0 Å². The molecule has 16 heavy (non-hydrogen) atoms. The smallest absolute Gasteiger partial charge is 0.0175 e. The number of nitrogens with two attached hydrogens (primary N) is 1. The molecule has 0 aromatic heterocycles. The summed E-state index contributed by atoms with van der Waals surface area (Å²) in [6, 6.07) is 8.66. The van der Waals surface area contributed by atoms with Crippen LogP contribution in [-0.4, -0.2) is 18.1 Å². The van der Waals surface area contributed by atoms with Gasteiger partial charge in [-0.3, -0.25) is 0 Å². The van der Waals surface area contributed by atoms with Gasteiger partial charge in [-0.2, -0.15) is 11.8 Å². The van der Waals surface area contributed by atoms with Crippen LogP contribution in [0.5, 0.6) is 0 Å². The fourth-order valence-electron chi connectivity index (χ4n) is 2.43. The van der Waals surface area contributed by atoms with Crippen molar-refractivity contribution in [1.82, 2.24) is 0 Å². The normalized spacial score (nSPS) is 19.6. The SMILES string of the molecule is NCC(c1ccc(Br)cc1)C1CCSCC1. The molecule has 1 aromatic rings. The second kappa shape index (κ2) is 6.08. The van der Waals surface area contributed by atoms with E-state index in [1.54, 1.807) is 0 Å². The Kier molecular flexibility index (Phi) is 4.74. The molecule has 1 saturated heterocycles. The zero-order valence-electron chi connectivity index (χ0n) is 9.36. The zero-order valence-corrected chi connectivity index (χ0v) is 11.8. The van der Waals surface area contributed by atoms with Crippen LogP contribution in [0.1, 0.15) is 24.3 Å². The Morgan fingerprint density at radius 1 is 1.25 bits per heavy atom. The molecule has 1 atom stereocenters. The van der Waals surface area contributed by atoms with Crippen LogP contribution in [0.25, 0.3) is 0 Å². The van der Waals surface area contributed by atoms with Crippen molar-refractivity contribution < 1.29 is 0 Å². The molecule has 1 aromatic carbocycles. The minimum absolute atomic E-state index is 0.550. The number of hydrogen-bond donors (Lipinski definition) is 1. The van der Waals surface area contributed by atoms with E-state index in [4.69, 9.17) is 5.73 Å². The Bertz CT molecular complexity index is 319. The molecule has 0 saturated carbocycles. The van der Waals surface area contributed by atoms with Gasteiger partial charge >= 0.3 is 0 Å². The quantitative estimate of drug-likeness (QED) is 0.922. The van der Waals surface area contributed by atoms with Crippen molar-refractivity contribution >= 4 is 27.7 Å². The molecule has 0 aliphatic carbocycles. The van der Waals surface area contributed by atoms with E-state index in [-0.39, 0.29) is 0 Å². The summed E-state index contributed by atoms with van der Waals surface area (Å²) >= 11 is 5.55.